The third kappa shape index (κ3) is 4.47. The van der Waals surface area contributed by atoms with Crippen molar-refractivity contribution in [1.82, 2.24) is 0 Å². The molecule has 4 aromatic rings. The van der Waals surface area contributed by atoms with Gasteiger partial charge in [0.25, 0.3) is 0 Å². The van der Waals surface area contributed by atoms with E-state index in [4.69, 9.17) is 0 Å². The van der Waals surface area contributed by atoms with Crippen molar-refractivity contribution in [2.75, 3.05) is 0 Å². The molecule has 4 rings (SSSR count). The van der Waals surface area contributed by atoms with Crippen LogP contribution in [-0.2, 0) is 0 Å². The Kier molecular flexibility index (Phi) is 5.66. The molecule has 0 fully saturated rings. The maximum atomic E-state index is 2.32. The molecule has 0 aliphatic carbocycles. The van der Waals surface area contributed by atoms with E-state index < -0.39 is 0 Å². The second kappa shape index (κ2) is 8.51. The molecule has 0 radical (unpaired) electrons. The van der Waals surface area contributed by atoms with E-state index in [1.54, 1.807) is 0 Å². The lowest BCUT2D eigenvalue weighted by Crippen LogP contribution is -1.89. The summed E-state index contributed by atoms with van der Waals surface area (Å²) in [7, 11) is 0. The topological polar surface area (TPSA) is 0 Å². The van der Waals surface area contributed by atoms with E-state index in [0.29, 0.717) is 0 Å². The molecule has 2 heteroatoms. The predicted octanol–water partition coefficient (Wildman–Crippen LogP) is 7.96. The fourth-order valence-electron chi connectivity index (χ4n) is 3.00. The quantitative estimate of drug-likeness (QED) is 0.342. The summed E-state index contributed by atoms with van der Waals surface area (Å²) in [5.41, 5.74) is 3.86. The van der Waals surface area contributed by atoms with E-state index in [1.165, 1.54) is 36.3 Å². The van der Waals surface area contributed by atoms with Gasteiger partial charge in [-0.05, 0) is 60.0 Å². The van der Waals surface area contributed by atoms with Crippen LogP contribution in [0.2, 0.25) is 0 Å². The molecule has 4 aromatic carbocycles. The van der Waals surface area contributed by atoms with Gasteiger partial charge in [0, 0.05) is 19.6 Å². The monoisotopic (exact) mass is 384 g/mol. The fraction of sp³-hybridized carbons (Fsp3) is 0.0400. The Morgan fingerprint density at radius 3 is 1.63 bits per heavy atom. The van der Waals surface area contributed by atoms with Gasteiger partial charge >= 0.3 is 0 Å². The Balaban J connectivity index is 1.78. The van der Waals surface area contributed by atoms with E-state index in [2.05, 4.69) is 110 Å². The van der Waals surface area contributed by atoms with Gasteiger partial charge in [-0.2, -0.15) is 0 Å². The molecule has 0 spiro atoms. The molecule has 0 aliphatic rings. The van der Waals surface area contributed by atoms with Crippen molar-refractivity contribution in [1.29, 1.82) is 0 Å². The number of hydrogen-bond donors (Lipinski definition) is 0. The third-order valence-electron chi connectivity index (χ3n) is 4.27. The van der Waals surface area contributed by atoms with Crippen LogP contribution < -0.4 is 0 Å². The number of aryl methyl sites for hydroxylation is 1. The summed E-state index contributed by atoms with van der Waals surface area (Å²) >= 11 is 3.66. The van der Waals surface area contributed by atoms with Gasteiger partial charge in [0.1, 0.15) is 0 Å². The molecule has 0 nitrogen and oxygen atoms in total. The minimum absolute atomic E-state index is 1.26. The van der Waals surface area contributed by atoms with Crippen LogP contribution in [0.25, 0.3) is 11.1 Å². The Morgan fingerprint density at radius 1 is 0.519 bits per heavy atom. The fourth-order valence-corrected chi connectivity index (χ4v) is 5.01. The molecule has 0 aliphatic heterocycles. The summed E-state index contributed by atoms with van der Waals surface area (Å²) in [5.74, 6) is 0. The van der Waals surface area contributed by atoms with Gasteiger partial charge in [-0.1, -0.05) is 90.3 Å². The summed E-state index contributed by atoms with van der Waals surface area (Å²) in [6, 6.07) is 36.5. The van der Waals surface area contributed by atoms with Crippen molar-refractivity contribution in [2.24, 2.45) is 0 Å². The number of hydrogen-bond acceptors (Lipinski definition) is 2. The van der Waals surface area contributed by atoms with Crippen LogP contribution in [0.1, 0.15) is 5.56 Å². The van der Waals surface area contributed by atoms with Gasteiger partial charge < -0.3 is 0 Å². The Morgan fingerprint density at radius 2 is 1.04 bits per heavy atom. The molecule has 0 atom stereocenters. The van der Waals surface area contributed by atoms with Crippen molar-refractivity contribution in [2.45, 2.75) is 26.5 Å². The Bertz CT molecular complexity index is 1010. The first-order chi connectivity index (χ1) is 13.3. The molecular weight excluding hydrogens is 364 g/mol. The van der Waals surface area contributed by atoms with Crippen LogP contribution in [0.15, 0.2) is 123 Å². The van der Waals surface area contributed by atoms with Crippen molar-refractivity contribution in [3.63, 3.8) is 0 Å². The molecule has 0 bridgehead atoms. The second-order valence-corrected chi connectivity index (χ2v) is 8.54. The van der Waals surface area contributed by atoms with Gasteiger partial charge in [0.15, 0.2) is 0 Å². The highest BCUT2D eigenvalue weighted by molar-refractivity contribution is 8.00. The van der Waals surface area contributed by atoms with Crippen LogP contribution in [0.5, 0.6) is 0 Å². The summed E-state index contributed by atoms with van der Waals surface area (Å²) in [6.07, 6.45) is 0. The summed E-state index contributed by atoms with van der Waals surface area (Å²) in [6.45, 7) is 2.22. The lowest BCUT2D eigenvalue weighted by atomic mass is 10.0. The Labute approximate surface area is 169 Å². The largest absolute Gasteiger partial charge is 0.0901 e. The molecular formula is C25H20S2. The van der Waals surface area contributed by atoms with Crippen molar-refractivity contribution in [3.05, 3.63) is 109 Å². The minimum Gasteiger partial charge on any atom is -0.0901 e. The van der Waals surface area contributed by atoms with E-state index in [1.807, 2.05) is 23.5 Å². The second-order valence-electron chi connectivity index (χ2n) is 6.31. The zero-order valence-corrected chi connectivity index (χ0v) is 16.8. The van der Waals surface area contributed by atoms with E-state index in [-0.39, 0.29) is 0 Å². The maximum absolute atomic E-state index is 2.32. The van der Waals surface area contributed by atoms with Gasteiger partial charge in [0.2, 0.25) is 0 Å². The minimum atomic E-state index is 1.26. The SMILES string of the molecule is Cc1cc(Sc2ccccc2)cc(-c2ccccc2)c1Sc1ccccc1. The van der Waals surface area contributed by atoms with Crippen LogP contribution in [-0.4, -0.2) is 0 Å². The van der Waals surface area contributed by atoms with Crippen molar-refractivity contribution >= 4 is 23.5 Å². The van der Waals surface area contributed by atoms with Gasteiger partial charge in [0.05, 0.1) is 0 Å². The van der Waals surface area contributed by atoms with Crippen LogP contribution >= 0.6 is 23.5 Å². The van der Waals surface area contributed by atoms with Crippen LogP contribution in [0.4, 0.5) is 0 Å². The van der Waals surface area contributed by atoms with Gasteiger partial charge in [-0.25, -0.2) is 0 Å². The Hall–Kier alpha value is -2.42. The third-order valence-corrected chi connectivity index (χ3v) is 6.51. The average molecular weight is 385 g/mol. The number of benzene rings is 4. The molecule has 0 amide bonds. The molecule has 27 heavy (non-hydrogen) atoms. The summed E-state index contributed by atoms with van der Waals surface area (Å²) in [4.78, 5) is 5.13. The van der Waals surface area contributed by atoms with E-state index >= 15 is 0 Å². The lowest BCUT2D eigenvalue weighted by Gasteiger charge is -2.15. The first-order valence-corrected chi connectivity index (χ1v) is 10.6. The highest BCUT2D eigenvalue weighted by Gasteiger charge is 2.12. The highest BCUT2D eigenvalue weighted by atomic mass is 32.2. The molecule has 0 N–H and O–H groups in total. The van der Waals surface area contributed by atoms with Crippen LogP contribution in [0, 0.1) is 6.92 Å². The first kappa shape index (κ1) is 18.0. The summed E-state index contributed by atoms with van der Waals surface area (Å²) in [5, 5.41) is 0. The van der Waals surface area contributed by atoms with E-state index in [0.717, 1.165) is 0 Å². The lowest BCUT2D eigenvalue weighted by molar-refractivity contribution is 1.23. The normalized spacial score (nSPS) is 10.7. The smallest absolute Gasteiger partial charge is 0.0230 e. The molecule has 0 aromatic heterocycles. The van der Waals surface area contributed by atoms with Gasteiger partial charge in [-0.3, -0.25) is 0 Å². The zero-order valence-electron chi connectivity index (χ0n) is 15.1. The summed E-state index contributed by atoms with van der Waals surface area (Å²) < 4.78 is 0. The highest BCUT2D eigenvalue weighted by Crippen LogP contribution is 2.41. The molecule has 0 saturated carbocycles. The maximum Gasteiger partial charge on any atom is 0.0230 e. The average Bonchev–Trinajstić information content (AvgIpc) is 2.72. The molecule has 132 valence electrons. The van der Waals surface area contributed by atoms with E-state index in [9.17, 15) is 0 Å². The van der Waals surface area contributed by atoms with Gasteiger partial charge in [-0.15, -0.1) is 0 Å². The van der Waals surface area contributed by atoms with Crippen molar-refractivity contribution in [3.8, 4) is 11.1 Å². The van der Waals surface area contributed by atoms with Crippen LogP contribution in [0.3, 0.4) is 0 Å². The van der Waals surface area contributed by atoms with Crippen molar-refractivity contribution < 1.29 is 0 Å². The molecule has 0 unspecified atom stereocenters. The zero-order chi connectivity index (χ0) is 18.5. The molecule has 0 saturated heterocycles. The predicted molar refractivity (Wildman–Crippen MR) is 118 cm³/mol. The first-order valence-electron chi connectivity index (χ1n) is 8.95. The molecule has 0 heterocycles. The standard InChI is InChI=1S/C25H20S2/c1-19-17-23(26-21-13-7-3-8-14-21)18-24(20-11-5-2-6-12-20)25(19)27-22-15-9-4-10-16-22/h2-18H,1H3. The number of rotatable bonds is 5.